The summed E-state index contributed by atoms with van der Waals surface area (Å²) in [4.78, 5) is 12.8. The first kappa shape index (κ1) is 18.8. The van der Waals surface area contributed by atoms with E-state index in [1.807, 2.05) is 51.1 Å². The highest BCUT2D eigenvalue weighted by Gasteiger charge is 2.30. The number of rotatable bonds is 5. The van der Waals surface area contributed by atoms with E-state index in [4.69, 9.17) is 27.9 Å². The van der Waals surface area contributed by atoms with Crippen LogP contribution in [0.1, 0.15) is 38.0 Å². The van der Waals surface area contributed by atoms with Gasteiger partial charge in [-0.2, -0.15) is 0 Å². The van der Waals surface area contributed by atoms with Crippen LogP contribution in [-0.2, 0) is 14.9 Å². The van der Waals surface area contributed by atoms with Crippen molar-refractivity contribution in [2.45, 2.75) is 32.3 Å². The van der Waals surface area contributed by atoms with Crippen LogP contribution in [0, 0.1) is 0 Å². The van der Waals surface area contributed by atoms with Gasteiger partial charge in [0.25, 0.3) is 0 Å². The van der Waals surface area contributed by atoms with Crippen molar-refractivity contribution in [3.8, 4) is 0 Å². The molecule has 128 valence electrons. The Morgan fingerprint density at radius 2 is 1.83 bits per heavy atom. The molecule has 2 rings (SSSR count). The largest absolute Gasteiger partial charge is 0.377 e. The van der Waals surface area contributed by atoms with E-state index in [2.05, 4.69) is 5.32 Å². The molecule has 0 saturated carbocycles. The molecule has 1 amide bonds. The Labute approximate surface area is 152 Å². The number of methoxy groups -OCH3 is 1. The quantitative estimate of drug-likeness (QED) is 0.746. The Balaban J connectivity index is 2.23. The standard InChI is InChI=1S/C19H21Cl2NO2/c1-12(24-4)13-6-5-7-15(10-13)22-18(23)19(2,3)14-8-9-16(20)17(21)11-14/h5-12H,1-4H3,(H,22,23). The molecular weight excluding hydrogens is 345 g/mol. The molecule has 3 nitrogen and oxygen atoms in total. The van der Waals surface area contributed by atoms with Gasteiger partial charge in [-0.15, -0.1) is 0 Å². The number of carbonyl (C=O) groups excluding carboxylic acids is 1. The van der Waals surface area contributed by atoms with Crippen LogP contribution in [0.5, 0.6) is 0 Å². The molecule has 5 heteroatoms. The topological polar surface area (TPSA) is 38.3 Å². The number of nitrogens with one attached hydrogen (secondary N) is 1. The summed E-state index contributed by atoms with van der Waals surface area (Å²) in [5, 5.41) is 3.87. The Morgan fingerprint density at radius 3 is 2.46 bits per heavy atom. The molecule has 2 aromatic carbocycles. The number of anilines is 1. The smallest absolute Gasteiger partial charge is 0.234 e. The van der Waals surface area contributed by atoms with Crippen molar-refractivity contribution < 1.29 is 9.53 Å². The second-order valence-corrected chi connectivity index (χ2v) is 7.03. The number of hydrogen-bond acceptors (Lipinski definition) is 2. The Kier molecular flexibility index (Phi) is 5.92. The third-order valence-electron chi connectivity index (χ3n) is 4.18. The van der Waals surface area contributed by atoms with Gasteiger partial charge in [-0.3, -0.25) is 4.79 Å². The maximum absolute atomic E-state index is 12.8. The molecule has 0 fully saturated rings. The number of hydrogen-bond donors (Lipinski definition) is 1. The van der Waals surface area contributed by atoms with E-state index in [1.54, 1.807) is 19.2 Å². The fraction of sp³-hybridized carbons (Fsp3) is 0.316. The van der Waals surface area contributed by atoms with E-state index in [-0.39, 0.29) is 12.0 Å². The fourth-order valence-corrected chi connectivity index (χ4v) is 2.61. The van der Waals surface area contributed by atoms with Crippen LogP contribution in [-0.4, -0.2) is 13.0 Å². The van der Waals surface area contributed by atoms with Gasteiger partial charge in [0, 0.05) is 12.8 Å². The van der Waals surface area contributed by atoms with Gasteiger partial charge < -0.3 is 10.1 Å². The summed E-state index contributed by atoms with van der Waals surface area (Å²) in [6, 6.07) is 12.9. The van der Waals surface area contributed by atoms with E-state index in [0.29, 0.717) is 10.0 Å². The van der Waals surface area contributed by atoms with Crippen LogP contribution in [0.3, 0.4) is 0 Å². The lowest BCUT2D eigenvalue weighted by Gasteiger charge is -2.25. The van der Waals surface area contributed by atoms with Crippen LogP contribution in [0.4, 0.5) is 5.69 Å². The number of amides is 1. The molecule has 2 aromatic rings. The molecule has 0 aromatic heterocycles. The molecule has 24 heavy (non-hydrogen) atoms. The maximum Gasteiger partial charge on any atom is 0.234 e. The second kappa shape index (κ2) is 7.56. The summed E-state index contributed by atoms with van der Waals surface area (Å²) in [5.41, 5.74) is 1.78. The molecule has 1 atom stereocenters. The molecule has 1 unspecified atom stereocenters. The van der Waals surface area contributed by atoms with E-state index < -0.39 is 5.41 Å². The van der Waals surface area contributed by atoms with Gasteiger partial charge in [0.2, 0.25) is 5.91 Å². The van der Waals surface area contributed by atoms with Gasteiger partial charge in [-0.25, -0.2) is 0 Å². The van der Waals surface area contributed by atoms with Crippen LogP contribution < -0.4 is 5.32 Å². The summed E-state index contributed by atoms with van der Waals surface area (Å²) in [6.45, 7) is 5.66. The zero-order chi connectivity index (χ0) is 17.9. The van der Waals surface area contributed by atoms with Crippen LogP contribution in [0.15, 0.2) is 42.5 Å². The summed E-state index contributed by atoms with van der Waals surface area (Å²) in [6.07, 6.45) is -0.0371. The van der Waals surface area contributed by atoms with Gasteiger partial charge in [0.05, 0.1) is 21.6 Å². The zero-order valence-electron chi connectivity index (χ0n) is 14.2. The summed E-state index contributed by atoms with van der Waals surface area (Å²) in [7, 11) is 1.66. The Hall–Kier alpha value is -1.55. The van der Waals surface area contributed by atoms with Crippen LogP contribution in [0.2, 0.25) is 10.0 Å². The van der Waals surface area contributed by atoms with Gasteiger partial charge in [0.1, 0.15) is 0 Å². The predicted octanol–water partition coefficient (Wildman–Crippen LogP) is 5.62. The third kappa shape index (κ3) is 4.10. The minimum absolute atomic E-state index is 0.0371. The van der Waals surface area contributed by atoms with Crippen molar-refractivity contribution in [1.82, 2.24) is 0 Å². The van der Waals surface area contributed by atoms with Crippen LogP contribution in [0.25, 0.3) is 0 Å². The monoisotopic (exact) mass is 365 g/mol. The fourth-order valence-electron chi connectivity index (χ4n) is 2.31. The lowest BCUT2D eigenvalue weighted by Crippen LogP contribution is -2.34. The van der Waals surface area contributed by atoms with Crippen molar-refractivity contribution in [2.75, 3.05) is 12.4 Å². The highest BCUT2D eigenvalue weighted by molar-refractivity contribution is 6.42. The van der Waals surface area contributed by atoms with Gasteiger partial charge >= 0.3 is 0 Å². The SMILES string of the molecule is COC(C)c1cccc(NC(=O)C(C)(C)c2ccc(Cl)c(Cl)c2)c1. The zero-order valence-corrected chi connectivity index (χ0v) is 15.7. The first-order valence-electron chi connectivity index (χ1n) is 7.65. The summed E-state index contributed by atoms with van der Waals surface area (Å²) >= 11 is 12.0. The van der Waals surface area contributed by atoms with Gasteiger partial charge in [-0.1, -0.05) is 41.4 Å². The van der Waals surface area contributed by atoms with Gasteiger partial charge in [0.15, 0.2) is 0 Å². The molecule has 0 spiro atoms. The molecule has 0 aliphatic heterocycles. The lowest BCUT2D eigenvalue weighted by molar-refractivity contribution is -0.120. The number of halogens is 2. The first-order valence-corrected chi connectivity index (χ1v) is 8.41. The molecule has 0 saturated heterocycles. The second-order valence-electron chi connectivity index (χ2n) is 6.21. The van der Waals surface area contributed by atoms with E-state index in [1.165, 1.54) is 0 Å². The Bertz CT molecular complexity index is 744. The highest BCUT2D eigenvalue weighted by atomic mass is 35.5. The predicted molar refractivity (Wildman–Crippen MR) is 100.0 cm³/mol. The third-order valence-corrected chi connectivity index (χ3v) is 4.92. The van der Waals surface area contributed by atoms with E-state index in [9.17, 15) is 4.79 Å². The minimum Gasteiger partial charge on any atom is -0.377 e. The molecule has 0 aliphatic carbocycles. The molecule has 0 heterocycles. The van der Waals surface area contributed by atoms with Crippen molar-refractivity contribution in [1.29, 1.82) is 0 Å². The molecule has 0 bridgehead atoms. The average Bonchev–Trinajstić information content (AvgIpc) is 2.56. The summed E-state index contributed by atoms with van der Waals surface area (Å²) < 4.78 is 5.32. The molecule has 0 aliphatic rings. The highest BCUT2D eigenvalue weighted by Crippen LogP contribution is 2.31. The van der Waals surface area contributed by atoms with Crippen molar-refractivity contribution in [3.63, 3.8) is 0 Å². The number of ether oxygens (including phenoxy) is 1. The molecule has 1 N–H and O–H groups in total. The molecular formula is C19H21Cl2NO2. The van der Waals surface area contributed by atoms with Crippen LogP contribution >= 0.6 is 23.2 Å². The minimum atomic E-state index is -0.753. The van der Waals surface area contributed by atoms with Gasteiger partial charge in [-0.05, 0) is 56.2 Å². The lowest BCUT2D eigenvalue weighted by atomic mass is 9.83. The van der Waals surface area contributed by atoms with Crippen molar-refractivity contribution >= 4 is 34.8 Å². The van der Waals surface area contributed by atoms with Crippen molar-refractivity contribution in [3.05, 3.63) is 63.6 Å². The average molecular weight is 366 g/mol. The number of carbonyl (C=O) groups is 1. The summed E-state index contributed by atoms with van der Waals surface area (Å²) in [5.74, 6) is -0.122. The van der Waals surface area contributed by atoms with Crippen molar-refractivity contribution in [2.24, 2.45) is 0 Å². The normalized spacial score (nSPS) is 12.8. The van der Waals surface area contributed by atoms with E-state index >= 15 is 0 Å². The maximum atomic E-state index is 12.8. The first-order chi connectivity index (χ1) is 11.3. The molecule has 0 radical (unpaired) electrons. The Morgan fingerprint density at radius 1 is 1.12 bits per heavy atom. The number of benzene rings is 2. The van der Waals surface area contributed by atoms with E-state index in [0.717, 1.165) is 16.8 Å².